The number of rotatable bonds is 5. The molecule has 0 spiro atoms. The number of ether oxygens (including phenoxy) is 1. The van der Waals surface area contributed by atoms with Gasteiger partial charge < -0.3 is 10.5 Å². The Morgan fingerprint density at radius 3 is 2.25 bits per heavy atom. The Bertz CT molecular complexity index is 391. The molecule has 0 aliphatic rings. The fourth-order valence-corrected chi connectivity index (χ4v) is 1.72. The summed E-state index contributed by atoms with van der Waals surface area (Å²) in [5.74, 6) is 0.219. The van der Waals surface area contributed by atoms with Crippen LogP contribution in [0.4, 0.5) is 18.9 Å². The number of alkyl halides is 3. The summed E-state index contributed by atoms with van der Waals surface area (Å²) in [4.78, 5) is 0. The second-order valence-corrected chi connectivity index (χ2v) is 4.18. The summed E-state index contributed by atoms with van der Waals surface area (Å²) in [7, 11) is 0. The second-order valence-electron chi connectivity index (χ2n) is 4.18. The monoisotopic (exact) mass is 291 g/mol. The smallest absolute Gasteiger partial charge is 0.418 e. The minimum absolute atomic E-state index is 0.0558. The number of anilines is 1. The lowest BCUT2D eigenvalue weighted by Gasteiger charge is -2.18. The molecule has 0 amide bonds. The van der Waals surface area contributed by atoms with Crippen LogP contribution < -0.4 is 10.5 Å². The summed E-state index contributed by atoms with van der Waals surface area (Å²) in [5, 5.41) is 0. The van der Waals surface area contributed by atoms with E-state index in [0.29, 0.717) is 0 Å². The van der Waals surface area contributed by atoms with Crippen molar-refractivity contribution in [3.05, 3.63) is 23.8 Å². The number of benzene rings is 1. The van der Waals surface area contributed by atoms with Crippen molar-refractivity contribution in [3.63, 3.8) is 0 Å². The fraction of sp³-hybridized carbons (Fsp3) is 0.600. The van der Waals surface area contributed by atoms with Crippen LogP contribution in [0.5, 0.6) is 5.75 Å². The van der Waals surface area contributed by atoms with E-state index in [1.54, 1.807) is 0 Å². The number of nitrogen functional groups attached to an aromatic ring is 1. The third kappa shape index (κ3) is 5.72. The van der Waals surface area contributed by atoms with Crippen LogP contribution in [-0.4, -0.2) is 6.10 Å². The molecule has 5 heteroatoms. The van der Waals surface area contributed by atoms with Crippen LogP contribution in [0.1, 0.15) is 52.5 Å². The molecule has 2 nitrogen and oxygen atoms in total. The molecule has 1 aromatic carbocycles. The average Bonchev–Trinajstić information content (AvgIpc) is 2.41. The summed E-state index contributed by atoms with van der Waals surface area (Å²) in [6.07, 6.45) is -1.99. The first-order chi connectivity index (χ1) is 9.38. The zero-order chi connectivity index (χ0) is 15.8. The number of hydrogen-bond donors (Lipinski definition) is 1. The quantitative estimate of drug-likeness (QED) is 0.750. The van der Waals surface area contributed by atoms with Crippen LogP contribution in [-0.2, 0) is 6.18 Å². The van der Waals surface area contributed by atoms with Gasteiger partial charge in [0.05, 0.1) is 11.7 Å². The third-order valence-electron chi connectivity index (χ3n) is 2.70. The molecule has 1 unspecified atom stereocenters. The van der Waals surface area contributed by atoms with Gasteiger partial charge in [-0.3, -0.25) is 0 Å². The Balaban J connectivity index is 0.00000172. The van der Waals surface area contributed by atoms with Crippen molar-refractivity contribution in [1.82, 2.24) is 0 Å². The van der Waals surface area contributed by atoms with Crippen LogP contribution in [0.15, 0.2) is 18.2 Å². The lowest BCUT2D eigenvalue weighted by atomic mass is 10.1. The molecule has 1 aromatic rings. The second kappa shape index (κ2) is 8.72. The third-order valence-corrected chi connectivity index (χ3v) is 2.70. The maximum Gasteiger partial charge on any atom is 0.418 e. The van der Waals surface area contributed by atoms with Gasteiger partial charge >= 0.3 is 6.18 Å². The van der Waals surface area contributed by atoms with Crippen LogP contribution in [0.3, 0.4) is 0 Å². The molecule has 0 aliphatic carbocycles. The maximum atomic E-state index is 12.7. The highest BCUT2D eigenvalue weighted by Gasteiger charge is 2.33. The molecule has 0 radical (unpaired) electrons. The standard InChI is InChI=1S/C13H18F3NO.C2H6/c1-3-5-9(4-2)18-10-6-7-12(17)11(8-10)13(14,15)16;1-2/h6-9H,3-5,17H2,1-2H3;1-2H3. The van der Waals surface area contributed by atoms with Gasteiger partial charge in [0.25, 0.3) is 0 Å². The molecule has 1 rings (SSSR count). The molecule has 0 saturated heterocycles. The first kappa shape index (κ1) is 18.6. The van der Waals surface area contributed by atoms with Gasteiger partial charge in [-0.05, 0) is 31.0 Å². The maximum absolute atomic E-state index is 12.7. The van der Waals surface area contributed by atoms with E-state index in [-0.39, 0.29) is 17.5 Å². The van der Waals surface area contributed by atoms with E-state index in [2.05, 4.69) is 0 Å². The average molecular weight is 291 g/mol. The molecule has 2 N–H and O–H groups in total. The van der Waals surface area contributed by atoms with E-state index < -0.39 is 11.7 Å². The van der Waals surface area contributed by atoms with Crippen molar-refractivity contribution in [2.24, 2.45) is 0 Å². The first-order valence-corrected chi connectivity index (χ1v) is 7.01. The highest BCUT2D eigenvalue weighted by Crippen LogP contribution is 2.36. The molecule has 1 atom stereocenters. The molecular formula is C15H24F3NO. The molecule has 116 valence electrons. The highest BCUT2D eigenvalue weighted by molar-refractivity contribution is 5.52. The van der Waals surface area contributed by atoms with E-state index >= 15 is 0 Å². The van der Waals surface area contributed by atoms with E-state index in [4.69, 9.17) is 10.5 Å². The predicted octanol–water partition coefficient (Wildman–Crippen LogP) is 5.27. The van der Waals surface area contributed by atoms with Crippen molar-refractivity contribution in [2.45, 2.75) is 59.2 Å². The van der Waals surface area contributed by atoms with Gasteiger partial charge in [0.1, 0.15) is 5.75 Å². The Labute approximate surface area is 119 Å². The molecule has 0 heterocycles. The summed E-state index contributed by atoms with van der Waals surface area (Å²) < 4.78 is 43.5. The van der Waals surface area contributed by atoms with Gasteiger partial charge in [0, 0.05) is 5.69 Å². The van der Waals surface area contributed by atoms with E-state index in [9.17, 15) is 13.2 Å². The lowest BCUT2D eigenvalue weighted by molar-refractivity contribution is -0.137. The molecule has 0 aromatic heterocycles. The largest absolute Gasteiger partial charge is 0.490 e. The minimum Gasteiger partial charge on any atom is -0.490 e. The van der Waals surface area contributed by atoms with Gasteiger partial charge in [-0.25, -0.2) is 0 Å². The number of nitrogens with two attached hydrogens (primary N) is 1. The molecule has 0 saturated carbocycles. The van der Waals surface area contributed by atoms with Crippen molar-refractivity contribution in [1.29, 1.82) is 0 Å². The minimum atomic E-state index is -4.45. The number of halogens is 3. The van der Waals surface area contributed by atoms with Crippen LogP contribution in [0, 0.1) is 0 Å². The predicted molar refractivity (Wildman–Crippen MR) is 76.8 cm³/mol. The number of hydrogen-bond acceptors (Lipinski definition) is 2. The van der Waals surface area contributed by atoms with Crippen molar-refractivity contribution < 1.29 is 17.9 Å². The molecule has 0 bridgehead atoms. The normalized spacial score (nSPS) is 12.3. The molecule has 0 aliphatic heterocycles. The Morgan fingerprint density at radius 2 is 1.80 bits per heavy atom. The first-order valence-electron chi connectivity index (χ1n) is 7.01. The Kier molecular flexibility index (Phi) is 8.11. The summed E-state index contributed by atoms with van der Waals surface area (Å²) >= 11 is 0. The zero-order valence-corrected chi connectivity index (χ0v) is 12.6. The molecule has 0 fully saturated rings. The summed E-state index contributed by atoms with van der Waals surface area (Å²) in [6, 6.07) is 3.67. The van der Waals surface area contributed by atoms with E-state index in [0.717, 1.165) is 25.3 Å². The van der Waals surface area contributed by atoms with Gasteiger partial charge in [-0.2, -0.15) is 13.2 Å². The van der Waals surface area contributed by atoms with E-state index in [1.807, 2.05) is 27.7 Å². The SMILES string of the molecule is CC.CCCC(CC)Oc1ccc(N)c(C(F)(F)F)c1. The fourth-order valence-electron chi connectivity index (χ4n) is 1.72. The van der Waals surface area contributed by atoms with Gasteiger partial charge in [0.2, 0.25) is 0 Å². The van der Waals surface area contributed by atoms with Crippen LogP contribution >= 0.6 is 0 Å². The summed E-state index contributed by atoms with van der Waals surface area (Å²) in [6.45, 7) is 7.96. The van der Waals surface area contributed by atoms with Gasteiger partial charge in [-0.1, -0.05) is 34.1 Å². The van der Waals surface area contributed by atoms with Crippen molar-refractivity contribution in [3.8, 4) is 5.75 Å². The highest BCUT2D eigenvalue weighted by atomic mass is 19.4. The zero-order valence-electron chi connectivity index (χ0n) is 12.6. The van der Waals surface area contributed by atoms with E-state index in [1.165, 1.54) is 12.1 Å². The molecule has 20 heavy (non-hydrogen) atoms. The Morgan fingerprint density at radius 1 is 1.20 bits per heavy atom. The van der Waals surface area contributed by atoms with Gasteiger partial charge in [0.15, 0.2) is 0 Å². The molecular weight excluding hydrogens is 267 g/mol. The Hall–Kier alpha value is -1.39. The van der Waals surface area contributed by atoms with Crippen molar-refractivity contribution in [2.75, 3.05) is 5.73 Å². The van der Waals surface area contributed by atoms with Gasteiger partial charge in [-0.15, -0.1) is 0 Å². The lowest BCUT2D eigenvalue weighted by Crippen LogP contribution is -2.16. The summed E-state index contributed by atoms with van der Waals surface area (Å²) in [5.41, 5.74) is 4.20. The topological polar surface area (TPSA) is 35.2 Å². The van der Waals surface area contributed by atoms with Crippen molar-refractivity contribution >= 4 is 5.69 Å². The van der Waals surface area contributed by atoms with Crippen LogP contribution in [0.2, 0.25) is 0 Å². The van der Waals surface area contributed by atoms with Crippen LogP contribution in [0.25, 0.3) is 0 Å².